The SMILES string of the molecule is [2H]C([2H])([2H])c1c[n+](C)c(-c2ccccc2C)cc1-c1ccc2c(c1)C(C)(C([2H])([2H])[2H])c1cc(C3([2H])CCCCC3)ccc1-2.[2H]C([2H])([2H])c1c[n+](C)c(-c2ccccc2C)cc1-c1ccc2c(c1)oc1cc(C([2H])(C)C([2H])([2H])[2H])ccc12.[2H]C([2H])([2H])c1c[n+](C)c(-c2ccccc2C)cc1-c1ccc2c(c1)sc1cc(C([2H])(C)C([2H])([2H])[2H])ccc12. The van der Waals surface area contributed by atoms with Gasteiger partial charge in [-0.1, -0.05) is 188 Å². The fourth-order valence-electron chi connectivity index (χ4n) is 14.6. The predicted molar refractivity (Wildman–Crippen MR) is 416 cm³/mol. The Labute approximate surface area is 615 Å². The molecule has 98 heavy (non-hydrogen) atoms. The first-order chi connectivity index (χ1) is 55.5. The zero-order chi connectivity index (χ0) is 86.2. The van der Waals surface area contributed by atoms with Crippen molar-refractivity contribution < 1.29 is 46.9 Å². The van der Waals surface area contributed by atoms with Crippen LogP contribution in [0.5, 0.6) is 0 Å². The van der Waals surface area contributed by atoms with E-state index in [2.05, 4.69) is 0 Å². The first-order valence-electron chi connectivity index (χ1n) is 44.1. The van der Waals surface area contributed by atoms with Crippen molar-refractivity contribution in [1.29, 1.82) is 0 Å². The van der Waals surface area contributed by atoms with E-state index in [0.717, 1.165) is 141 Å². The van der Waals surface area contributed by atoms with Gasteiger partial charge in [0.2, 0.25) is 17.1 Å². The van der Waals surface area contributed by atoms with E-state index in [1.807, 2.05) is 225 Å². The lowest BCUT2D eigenvalue weighted by Gasteiger charge is -2.26. The molecular formula is C93H94N3OS+3. The van der Waals surface area contributed by atoms with Crippen LogP contribution in [-0.4, -0.2) is 0 Å². The standard InChI is InChI=1S/C35H38N.C29H28NO.C29H28NS/c1-23-11-9-10-14-28(23)34-21-31(24(2)22-36(34)5)27-16-18-30-29-17-15-26(25-12-7-6-8-13-25)19-32(29)35(3,4)33(30)20-27;2*1-18(2)21-10-12-24-25-13-11-22(15-29(25)31-28(24)14-21)26-16-27(30(5)17-20(26)4)23-9-7-6-8-19(23)3/h9-11,14-22,25H,6-8,12-13H2,1-5H3;2*6-18H,1-5H3/q3*+1/i2D3,3D3,25D;2*1D3,4D3,18D. The Hall–Kier alpha value is -9.55. The Morgan fingerprint density at radius 3 is 1.38 bits per heavy atom. The molecule has 4 nitrogen and oxygen atoms in total. The molecule has 16 rings (SSSR count). The van der Waals surface area contributed by atoms with Gasteiger partial charge in [0.15, 0.2) is 18.6 Å². The fraction of sp³-hybridized carbons (Fsp3) is 0.258. The van der Waals surface area contributed by atoms with Crippen molar-refractivity contribution in [1.82, 2.24) is 0 Å². The summed E-state index contributed by atoms with van der Waals surface area (Å²) in [5.41, 5.74) is 18.2. The molecule has 1 saturated carbocycles. The maximum absolute atomic E-state index is 9.23. The van der Waals surface area contributed by atoms with E-state index in [4.69, 9.17) is 31.8 Å². The average Bonchev–Trinajstić information content (AvgIpc) is 1.54. The quantitative estimate of drug-likeness (QED) is 0.132. The third kappa shape index (κ3) is 12.4. The van der Waals surface area contributed by atoms with Gasteiger partial charge in [-0.3, -0.25) is 0 Å². The van der Waals surface area contributed by atoms with Gasteiger partial charge in [-0.25, -0.2) is 13.7 Å². The molecule has 14 aromatic rings. The minimum absolute atomic E-state index is 0.217. The number of furan rings is 1. The molecule has 0 N–H and O–H groups in total. The number of nitrogens with zero attached hydrogens (tertiary/aromatic N) is 3. The first-order valence-corrected chi connectivity index (χ1v) is 34.4. The first kappa shape index (κ1) is 45.1. The Bertz CT molecular complexity index is 6070. The highest BCUT2D eigenvalue weighted by Crippen LogP contribution is 2.51. The summed E-state index contributed by atoms with van der Waals surface area (Å²) < 4.78 is 187. The summed E-state index contributed by atoms with van der Waals surface area (Å²) >= 11 is 1.52. The molecule has 0 saturated heterocycles. The van der Waals surface area contributed by atoms with E-state index in [0.29, 0.717) is 55.7 Å². The van der Waals surface area contributed by atoms with Gasteiger partial charge in [-0.2, -0.15) is 0 Å². The minimum Gasteiger partial charge on any atom is -0.456 e. The highest BCUT2D eigenvalue weighted by Gasteiger charge is 2.37. The van der Waals surface area contributed by atoms with Crippen LogP contribution in [0.3, 0.4) is 0 Å². The van der Waals surface area contributed by atoms with Crippen LogP contribution < -0.4 is 13.7 Å². The van der Waals surface area contributed by atoms with Gasteiger partial charge in [0.1, 0.15) is 32.3 Å². The van der Waals surface area contributed by atoms with E-state index in [-0.39, 0.29) is 16.7 Å². The fourth-order valence-corrected chi connectivity index (χ4v) is 15.8. The smallest absolute Gasteiger partial charge is 0.213 e. The Morgan fingerprint density at radius 2 is 0.867 bits per heavy atom. The number of pyridine rings is 3. The van der Waals surface area contributed by atoms with Crippen molar-refractivity contribution in [2.45, 2.75) is 138 Å². The number of rotatable bonds is 9. The second-order valence-corrected chi connectivity index (χ2v) is 27.9. The number of hydrogen-bond acceptors (Lipinski definition) is 2. The molecule has 490 valence electrons. The lowest BCUT2D eigenvalue weighted by atomic mass is 9.78. The second kappa shape index (κ2) is 26.7. The number of hydrogen-bond donors (Lipinski definition) is 0. The van der Waals surface area contributed by atoms with Crippen LogP contribution in [0.4, 0.5) is 0 Å². The predicted octanol–water partition coefficient (Wildman–Crippen LogP) is 24.3. The highest BCUT2D eigenvalue weighted by molar-refractivity contribution is 7.25. The summed E-state index contributed by atoms with van der Waals surface area (Å²) in [6.07, 6.45) is 9.75. The monoisotopic (exact) mass is 1320 g/mol. The molecule has 1 fully saturated rings. The average molecular weight is 1320 g/mol. The van der Waals surface area contributed by atoms with Crippen LogP contribution in [0.1, 0.15) is 181 Å². The molecule has 2 aliphatic carbocycles. The number of aromatic nitrogens is 3. The van der Waals surface area contributed by atoms with Gasteiger partial charge in [0.25, 0.3) is 0 Å². The molecule has 5 heteroatoms. The largest absolute Gasteiger partial charge is 0.456 e. The van der Waals surface area contributed by atoms with E-state index >= 15 is 0 Å². The number of fused-ring (bicyclic) bond motifs is 9. The second-order valence-electron chi connectivity index (χ2n) is 26.8. The van der Waals surface area contributed by atoms with Gasteiger partial charge < -0.3 is 4.42 Å². The van der Waals surface area contributed by atoms with E-state index in [1.165, 1.54) is 25.2 Å². The third-order valence-electron chi connectivity index (χ3n) is 20.1. The molecule has 2 aliphatic rings. The Balaban J connectivity index is 0.000000147. The van der Waals surface area contributed by atoms with Crippen molar-refractivity contribution in [2.24, 2.45) is 21.1 Å². The van der Waals surface area contributed by atoms with Crippen molar-refractivity contribution >= 4 is 53.4 Å². The summed E-state index contributed by atoms with van der Waals surface area (Å²) in [5.74, 6) is -4.21. The maximum Gasteiger partial charge on any atom is 0.213 e. The van der Waals surface area contributed by atoms with Crippen LogP contribution >= 0.6 is 11.3 Å². The van der Waals surface area contributed by atoms with Crippen molar-refractivity contribution in [2.75, 3.05) is 0 Å². The lowest BCUT2D eigenvalue weighted by Crippen LogP contribution is -2.31. The third-order valence-corrected chi connectivity index (χ3v) is 21.2. The van der Waals surface area contributed by atoms with Crippen LogP contribution in [0, 0.1) is 41.3 Å². The molecule has 5 aromatic heterocycles. The summed E-state index contributed by atoms with van der Waals surface area (Å²) in [7, 11) is 5.57. The summed E-state index contributed by atoms with van der Waals surface area (Å²) in [6.45, 7) is -3.64. The molecule has 0 spiro atoms. The summed E-state index contributed by atoms with van der Waals surface area (Å²) in [5, 5.41) is 3.62. The van der Waals surface area contributed by atoms with Crippen LogP contribution in [-0.2, 0) is 26.6 Å². The lowest BCUT2D eigenvalue weighted by molar-refractivity contribution is -0.660. The summed E-state index contributed by atoms with van der Waals surface area (Å²) in [4.78, 5) is 0. The van der Waals surface area contributed by atoms with E-state index < -0.39 is 64.2 Å². The minimum atomic E-state index is -2.50. The van der Waals surface area contributed by atoms with Crippen molar-refractivity contribution in [3.05, 3.63) is 280 Å². The van der Waals surface area contributed by atoms with Gasteiger partial charge in [0, 0.05) is 117 Å². The molecule has 0 aliphatic heterocycles. The summed E-state index contributed by atoms with van der Waals surface area (Å²) in [6, 6.07) is 63.6. The van der Waals surface area contributed by atoms with Gasteiger partial charge in [-0.15, -0.1) is 11.3 Å². The molecule has 0 amide bonds. The zero-order valence-electron chi connectivity index (χ0n) is 78.0. The Kier molecular flexibility index (Phi) is 12.3. The Morgan fingerprint density at radius 1 is 0.439 bits per heavy atom. The van der Waals surface area contributed by atoms with Crippen LogP contribution in [0.15, 0.2) is 223 Å². The van der Waals surface area contributed by atoms with Crippen molar-refractivity contribution in [3.63, 3.8) is 0 Å². The molecule has 3 atom stereocenters. The van der Waals surface area contributed by atoms with Crippen molar-refractivity contribution in [3.8, 4) is 78.3 Å². The van der Waals surface area contributed by atoms with Gasteiger partial charge in [0.05, 0.1) is 0 Å². The molecule has 9 aromatic carbocycles. The van der Waals surface area contributed by atoms with E-state index in [9.17, 15) is 1.37 Å². The number of aryl methyl sites for hydroxylation is 9. The maximum atomic E-state index is 9.23. The molecule has 5 heterocycles. The zero-order valence-corrected chi connectivity index (χ0v) is 57.8. The van der Waals surface area contributed by atoms with Gasteiger partial charge >= 0.3 is 0 Å². The number of benzene rings is 9. The molecule has 0 radical (unpaired) electrons. The number of thiophene rings is 1. The molecule has 3 unspecified atom stereocenters. The van der Waals surface area contributed by atoms with Crippen LogP contribution in [0.2, 0.25) is 0 Å². The van der Waals surface area contributed by atoms with E-state index in [1.54, 1.807) is 55.8 Å². The molecular weight excluding hydrogens is 1210 g/mol. The van der Waals surface area contributed by atoms with Crippen LogP contribution in [0.25, 0.3) is 120 Å². The topological polar surface area (TPSA) is 24.8 Å². The normalized spacial score (nSPS) is 19.9. The highest BCUT2D eigenvalue weighted by atomic mass is 32.1. The van der Waals surface area contributed by atoms with Gasteiger partial charge in [-0.05, 0) is 215 Å². The molecule has 0 bridgehead atoms.